The summed E-state index contributed by atoms with van der Waals surface area (Å²) in [5, 5.41) is 9.79. The Morgan fingerprint density at radius 2 is 2.05 bits per heavy atom. The third-order valence-corrected chi connectivity index (χ3v) is 3.99. The van der Waals surface area contributed by atoms with E-state index in [2.05, 4.69) is 36.1 Å². The molecule has 1 fully saturated rings. The van der Waals surface area contributed by atoms with Gasteiger partial charge in [0, 0.05) is 12.6 Å². The molecule has 1 aromatic rings. The van der Waals surface area contributed by atoms with E-state index < -0.39 is 5.60 Å². The number of nitrogens with zero attached hydrogens (tertiary/aromatic N) is 1. The summed E-state index contributed by atoms with van der Waals surface area (Å²) in [6.07, 6.45) is 3.08. The van der Waals surface area contributed by atoms with E-state index in [1.807, 2.05) is 19.9 Å². The maximum atomic E-state index is 9.79. The first-order valence-electron chi connectivity index (χ1n) is 7.62. The van der Waals surface area contributed by atoms with Gasteiger partial charge in [-0.1, -0.05) is 30.3 Å². The predicted molar refractivity (Wildman–Crippen MR) is 81.5 cm³/mol. The molecule has 112 valence electrons. The fraction of sp³-hybridized carbons (Fsp3) is 0.647. The Morgan fingerprint density at radius 3 is 2.70 bits per heavy atom. The van der Waals surface area contributed by atoms with Crippen LogP contribution in [0.5, 0.6) is 0 Å². The maximum absolute atomic E-state index is 9.79. The molecule has 0 aromatic heterocycles. The molecular formula is C17H27NO2. The molecule has 0 radical (unpaired) electrons. The summed E-state index contributed by atoms with van der Waals surface area (Å²) in [6.45, 7) is 7.81. The van der Waals surface area contributed by atoms with Crippen molar-refractivity contribution in [1.29, 1.82) is 0 Å². The Labute approximate surface area is 122 Å². The van der Waals surface area contributed by atoms with Crippen molar-refractivity contribution in [1.82, 2.24) is 4.90 Å². The Morgan fingerprint density at radius 1 is 1.35 bits per heavy atom. The summed E-state index contributed by atoms with van der Waals surface area (Å²) in [5.41, 5.74) is 0.680. The number of rotatable bonds is 6. The van der Waals surface area contributed by atoms with E-state index in [1.54, 1.807) is 0 Å². The van der Waals surface area contributed by atoms with Gasteiger partial charge >= 0.3 is 0 Å². The largest absolute Gasteiger partial charge is 0.390 e. The fourth-order valence-electron chi connectivity index (χ4n) is 2.84. The van der Waals surface area contributed by atoms with Crippen LogP contribution in [0.4, 0.5) is 0 Å². The second kappa shape index (κ2) is 6.70. The molecule has 1 aromatic carbocycles. The topological polar surface area (TPSA) is 32.7 Å². The number of hydrogen-bond acceptors (Lipinski definition) is 3. The molecule has 3 nitrogen and oxygen atoms in total. The van der Waals surface area contributed by atoms with Crippen molar-refractivity contribution in [3.05, 3.63) is 35.9 Å². The Hall–Kier alpha value is -0.900. The molecule has 20 heavy (non-hydrogen) atoms. The van der Waals surface area contributed by atoms with E-state index in [0.717, 1.165) is 32.4 Å². The Kier molecular flexibility index (Phi) is 5.19. The Bertz CT molecular complexity index is 399. The molecule has 0 aliphatic carbocycles. The van der Waals surface area contributed by atoms with Crippen LogP contribution in [0, 0.1) is 0 Å². The summed E-state index contributed by atoms with van der Waals surface area (Å²) >= 11 is 0. The van der Waals surface area contributed by atoms with Crippen LogP contribution in [-0.2, 0) is 4.74 Å². The fourth-order valence-corrected chi connectivity index (χ4v) is 2.84. The zero-order valence-corrected chi connectivity index (χ0v) is 12.9. The number of hydrogen-bond donors (Lipinski definition) is 1. The molecule has 1 aliphatic rings. The lowest BCUT2D eigenvalue weighted by Gasteiger charge is -2.30. The number of aliphatic hydroxyl groups is 1. The molecule has 1 aliphatic heterocycles. The van der Waals surface area contributed by atoms with Crippen molar-refractivity contribution in [3.8, 4) is 0 Å². The molecule has 0 unspecified atom stereocenters. The molecule has 1 N–H and O–H groups in total. The van der Waals surface area contributed by atoms with Gasteiger partial charge in [-0.25, -0.2) is 0 Å². The minimum atomic E-state index is -0.555. The second-order valence-electron chi connectivity index (χ2n) is 6.43. The van der Waals surface area contributed by atoms with Crippen molar-refractivity contribution in [2.45, 2.75) is 57.9 Å². The first-order valence-corrected chi connectivity index (χ1v) is 7.62. The maximum Gasteiger partial charge on any atom is 0.137 e. The van der Waals surface area contributed by atoms with E-state index in [9.17, 15) is 5.11 Å². The standard InChI is InChI=1S/C17H27NO2/c1-14(8-7-11-17(2,3)19)18-12-13-20-16(18)15-9-5-4-6-10-15/h4-6,9-10,14,16,19H,7-8,11-13H2,1-3H3/t14-,16+/m0/s1. The average Bonchev–Trinajstić information content (AvgIpc) is 2.87. The highest BCUT2D eigenvalue weighted by Gasteiger charge is 2.30. The monoisotopic (exact) mass is 277 g/mol. The third kappa shape index (κ3) is 4.30. The van der Waals surface area contributed by atoms with Crippen LogP contribution in [0.1, 0.15) is 51.8 Å². The summed E-state index contributed by atoms with van der Waals surface area (Å²) < 4.78 is 5.90. The van der Waals surface area contributed by atoms with Crippen LogP contribution in [0.3, 0.4) is 0 Å². The molecule has 1 heterocycles. The van der Waals surface area contributed by atoms with E-state index in [1.165, 1.54) is 5.56 Å². The quantitative estimate of drug-likeness (QED) is 0.865. The number of benzene rings is 1. The van der Waals surface area contributed by atoms with Gasteiger partial charge in [-0.05, 0) is 45.6 Å². The van der Waals surface area contributed by atoms with Crippen LogP contribution >= 0.6 is 0 Å². The van der Waals surface area contributed by atoms with Crippen LogP contribution in [0.2, 0.25) is 0 Å². The van der Waals surface area contributed by atoms with Crippen molar-refractivity contribution < 1.29 is 9.84 Å². The molecule has 0 amide bonds. The summed E-state index contributed by atoms with van der Waals surface area (Å²) in [6, 6.07) is 10.9. The van der Waals surface area contributed by atoms with Gasteiger partial charge in [-0.15, -0.1) is 0 Å². The van der Waals surface area contributed by atoms with E-state index in [4.69, 9.17) is 4.74 Å². The average molecular weight is 277 g/mol. The highest BCUT2D eigenvalue weighted by molar-refractivity contribution is 5.18. The molecule has 1 saturated heterocycles. The summed E-state index contributed by atoms with van der Waals surface area (Å²) in [7, 11) is 0. The Balaban J connectivity index is 1.90. The molecule has 2 atom stereocenters. The highest BCUT2D eigenvalue weighted by Crippen LogP contribution is 2.30. The smallest absolute Gasteiger partial charge is 0.137 e. The van der Waals surface area contributed by atoms with Gasteiger partial charge in [-0.2, -0.15) is 0 Å². The molecule has 0 spiro atoms. The SMILES string of the molecule is C[C@@H](CCCC(C)(C)O)N1CCO[C@@H]1c1ccccc1. The van der Waals surface area contributed by atoms with Gasteiger partial charge in [0.1, 0.15) is 6.23 Å². The van der Waals surface area contributed by atoms with Gasteiger partial charge in [0.2, 0.25) is 0 Å². The minimum Gasteiger partial charge on any atom is -0.390 e. The lowest BCUT2D eigenvalue weighted by molar-refractivity contribution is 0.00990. The zero-order chi connectivity index (χ0) is 14.6. The zero-order valence-electron chi connectivity index (χ0n) is 12.9. The van der Waals surface area contributed by atoms with E-state index >= 15 is 0 Å². The summed E-state index contributed by atoms with van der Waals surface area (Å²) in [5.74, 6) is 0. The lowest BCUT2D eigenvalue weighted by atomic mass is 9.99. The second-order valence-corrected chi connectivity index (χ2v) is 6.43. The molecule has 2 rings (SSSR count). The predicted octanol–water partition coefficient (Wildman–Crippen LogP) is 3.35. The van der Waals surface area contributed by atoms with Crippen LogP contribution in [0.25, 0.3) is 0 Å². The van der Waals surface area contributed by atoms with Gasteiger partial charge < -0.3 is 9.84 Å². The van der Waals surface area contributed by atoms with Crippen LogP contribution < -0.4 is 0 Å². The van der Waals surface area contributed by atoms with Crippen LogP contribution in [-0.4, -0.2) is 34.8 Å². The minimum absolute atomic E-state index is 0.0911. The van der Waals surface area contributed by atoms with Crippen molar-refractivity contribution in [2.75, 3.05) is 13.2 Å². The van der Waals surface area contributed by atoms with Gasteiger partial charge in [0.05, 0.1) is 12.2 Å². The highest BCUT2D eigenvalue weighted by atomic mass is 16.5. The van der Waals surface area contributed by atoms with Gasteiger partial charge in [0.25, 0.3) is 0 Å². The van der Waals surface area contributed by atoms with Crippen molar-refractivity contribution in [2.24, 2.45) is 0 Å². The lowest BCUT2D eigenvalue weighted by Crippen LogP contribution is -2.33. The molecule has 0 saturated carbocycles. The summed E-state index contributed by atoms with van der Waals surface area (Å²) in [4.78, 5) is 2.43. The molecule has 3 heteroatoms. The molecule has 0 bridgehead atoms. The van der Waals surface area contributed by atoms with Crippen molar-refractivity contribution in [3.63, 3.8) is 0 Å². The molecular weight excluding hydrogens is 250 g/mol. The van der Waals surface area contributed by atoms with Gasteiger partial charge in [0.15, 0.2) is 0 Å². The van der Waals surface area contributed by atoms with E-state index in [0.29, 0.717) is 6.04 Å². The normalized spacial score (nSPS) is 22.1. The van der Waals surface area contributed by atoms with Crippen molar-refractivity contribution >= 4 is 0 Å². The first kappa shape index (κ1) is 15.5. The third-order valence-electron chi connectivity index (χ3n) is 3.99. The van der Waals surface area contributed by atoms with Crippen LogP contribution in [0.15, 0.2) is 30.3 Å². The van der Waals surface area contributed by atoms with Gasteiger partial charge in [-0.3, -0.25) is 4.90 Å². The number of ether oxygens (including phenoxy) is 1. The first-order chi connectivity index (χ1) is 9.47. The van der Waals surface area contributed by atoms with E-state index in [-0.39, 0.29) is 6.23 Å².